The summed E-state index contributed by atoms with van der Waals surface area (Å²) in [5.41, 5.74) is 6.78. The number of nitrogens with two attached hydrogens (primary N) is 1. The molecule has 2 rings (SSSR count). The number of hydrogen-bond acceptors (Lipinski definition) is 4. The maximum atomic E-state index is 10.6. The molecule has 0 aromatic heterocycles. The predicted octanol–water partition coefficient (Wildman–Crippen LogP) is 2.76. The smallest absolute Gasteiger partial charge is 0.303 e. The molecule has 1 saturated heterocycles. The average molecular weight is 314 g/mol. The molecule has 1 aliphatic rings. The molecule has 1 fully saturated rings. The number of hydrogen-bond donors (Lipinski definition) is 2. The van der Waals surface area contributed by atoms with E-state index in [1.807, 2.05) is 6.07 Å². The van der Waals surface area contributed by atoms with Gasteiger partial charge in [0.2, 0.25) is 0 Å². The zero-order valence-corrected chi connectivity index (χ0v) is 12.5. The van der Waals surface area contributed by atoms with Gasteiger partial charge in [-0.1, -0.05) is 17.7 Å². The van der Waals surface area contributed by atoms with Gasteiger partial charge in [0.1, 0.15) is 11.9 Å². The van der Waals surface area contributed by atoms with E-state index in [0.717, 1.165) is 25.0 Å². The molecule has 21 heavy (non-hydrogen) atoms. The fourth-order valence-electron chi connectivity index (χ4n) is 2.27. The molecule has 0 aliphatic carbocycles. The number of carboxylic acid groups (broad SMARTS) is 1. The van der Waals surface area contributed by atoms with E-state index < -0.39 is 5.97 Å². The van der Waals surface area contributed by atoms with Crippen molar-refractivity contribution in [3.8, 4) is 5.75 Å². The van der Waals surface area contributed by atoms with Crippen LogP contribution in [0.4, 0.5) is 0 Å². The lowest BCUT2D eigenvalue weighted by Gasteiger charge is -2.24. The number of carbonyl (C=O) groups is 1. The summed E-state index contributed by atoms with van der Waals surface area (Å²) >= 11 is 6.22. The van der Waals surface area contributed by atoms with Gasteiger partial charge in [-0.25, -0.2) is 0 Å². The van der Waals surface area contributed by atoms with Crippen LogP contribution >= 0.6 is 11.6 Å². The summed E-state index contributed by atoms with van der Waals surface area (Å²) in [7, 11) is 0. The van der Waals surface area contributed by atoms with E-state index in [1.54, 1.807) is 12.1 Å². The van der Waals surface area contributed by atoms with Crippen molar-refractivity contribution in [2.24, 2.45) is 5.73 Å². The van der Waals surface area contributed by atoms with Crippen LogP contribution in [0.1, 0.15) is 37.3 Å². The van der Waals surface area contributed by atoms with Gasteiger partial charge in [-0.15, -0.1) is 0 Å². The Bertz CT molecular complexity index is 489. The highest BCUT2D eigenvalue weighted by Gasteiger charge is 2.17. The van der Waals surface area contributed by atoms with Crippen molar-refractivity contribution >= 4 is 17.6 Å². The third kappa shape index (κ3) is 4.88. The SMILES string of the molecule is NC(CCC(=O)O)c1ccc(OC2CCCOC2)c(Cl)c1. The van der Waals surface area contributed by atoms with E-state index in [1.165, 1.54) is 0 Å². The summed E-state index contributed by atoms with van der Waals surface area (Å²) in [5, 5.41) is 9.17. The highest BCUT2D eigenvalue weighted by atomic mass is 35.5. The van der Waals surface area contributed by atoms with E-state index in [9.17, 15) is 4.79 Å². The lowest BCUT2D eigenvalue weighted by Crippen LogP contribution is -2.28. The van der Waals surface area contributed by atoms with Crippen molar-refractivity contribution in [2.45, 2.75) is 37.8 Å². The number of carboxylic acids is 1. The van der Waals surface area contributed by atoms with Crippen molar-refractivity contribution in [1.82, 2.24) is 0 Å². The monoisotopic (exact) mass is 313 g/mol. The third-order valence-corrected chi connectivity index (χ3v) is 3.76. The van der Waals surface area contributed by atoms with Crippen molar-refractivity contribution in [3.63, 3.8) is 0 Å². The first kappa shape index (κ1) is 16.1. The van der Waals surface area contributed by atoms with Gasteiger partial charge in [0, 0.05) is 19.1 Å². The van der Waals surface area contributed by atoms with Crippen molar-refractivity contribution in [1.29, 1.82) is 0 Å². The minimum atomic E-state index is -0.853. The fraction of sp³-hybridized carbons (Fsp3) is 0.533. The van der Waals surface area contributed by atoms with Crippen LogP contribution in [0.15, 0.2) is 18.2 Å². The Morgan fingerprint density at radius 3 is 3.00 bits per heavy atom. The molecule has 1 heterocycles. The van der Waals surface area contributed by atoms with Gasteiger partial charge in [0.05, 0.1) is 11.6 Å². The number of rotatable bonds is 6. The molecule has 6 heteroatoms. The van der Waals surface area contributed by atoms with E-state index >= 15 is 0 Å². The molecule has 1 aromatic rings. The largest absolute Gasteiger partial charge is 0.486 e. The van der Waals surface area contributed by atoms with Crippen LogP contribution in [0.3, 0.4) is 0 Å². The molecule has 5 nitrogen and oxygen atoms in total. The molecule has 3 N–H and O–H groups in total. The normalized spacial score (nSPS) is 20.0. The standard InChI is InChI=1S/C15H20ClNO4/c16-12-8-10(13(17)4-6-15(18)19)3-5-14(12)21-11-2-1-7-20-9-11/h3,5,8,11,13H,1-2,4,6-7,9,17H2,(H,18,19). The quantitative estimate of drug-likeness (QED) is 0.844. The van der Waals surface area contributed by atoms with Crippen molar-refractivity contribution < 1.29 is 19.4 Å². The molecule has 116 valence electrons. The summed E-state index contributed by atoms with van der Waals surface area (Å²) in [5.74, 6) is -0.241. The van der Waals surface area contributed by atoms with Crippen LogP contribution in [-0.2, 0) is 9.53 Å². The maximum absolute atomic E-state index is 10.6. The number of ether oxygens (including phenoxy) is 2. The van der Waals surface area contributed by atoms with Crippen LogP contribution < -0.4 is 10.5 Å². The fourth-order valence-corrected chi connectivity index (χ4v) is 2.51. The van der Waals surface area contributed by atoms with Gasteiger partial charge in [-0.05, 0) is 37.0 Å². The Labute approximate surface area is 129 Å². The van der Waals surface area contributed by atoms with Crippen molar-refractivity contribution in [3.05, 3.63) is 28.8 Å². The minimum Gasteiger partial charge on any atom is -0.486 e. The number of benzene rings is 1. The first-order chi connectivity index (χ1) is 10.1. The van der Waals surface area contributed by atoms with E-state index in [4.69, 9.17) is 31.9 Å². The topological polar surface area (TPSA) is 81.8 Å². The first-order valence-corrected chi connectivity index (χ1v) is 7.45. The van der Waals surface area contributed by atoms with Crippen LogP contribution in [0.5, 0.6) is 5.75 Å². The van der Waals surface area contributed by atoms with Gasteiger partial charge in [-0.3, -0.25) is 4.79 Å². The zero-order valence-electron chi connectivity index (χ0n) is 11.8. The molecule has 0 bridgehead atoms. The highest BCUT2D eigenvalue weighted by molar-refractivity contribution is 6.32. The molecular weight excluding hydrogens is 294 g/mol. The third-order valence-electron chi connectivity index (χ3n) is 3.47. The lowest BCUT2D eigenvalue weighted by molar-refractivity contribution is -0.137. The molecular formula is C15H20ClNO4. The number of aliphatic carboxylic acids is 1. The van der Waals surface area contributed by atoms with Crippen molar-refractivity contribution in [2.75, 3.05) is 13.2 Å². The Morgan fingerprint density at radius 2 is 2.38 bits per heavy atom. The van der Waals surface area contributed by atoms with Crippen LogP contribution in [0.2, 0.25) is 5.02 Å². The molecule has 0 amide bonds. The first-order valence-electron chi connectivity index (χ1n) is 7.07. The maximum Gasteiger partial charge on any atom is 0.303 e. The zero-order chi connectivity index (χ0) is 15.2. The molecule has 1 aromatic carbocycles. The molecule has 2 unspecified atom stereocenters. The van der Waals surface area contributed by atoms with Crippen LogP contribution in [0.25, 0.3) is 0 Å². The lowest BCUT2D eigenvalue weighted by atomic mass is 10.0. The summed E-state index contributed by atoms with van der Waals surface area (Å²) in [4.78, 5) is 10.6. The van der Waals surface area contributed by atoms with Gasteiger partial charge in [-0.2, -0.15) is 0 Å². The van der Waals surface area contributed by atoms with Crippen LogP contribution in [-0.4, -0.2) is 30.4 Å². The highest BCUT2D eigenvalue weighted by Crippen LogP contribution is 2.30. The summed E-state index contributed by atoms with van der Waals surface area (Å²) in [6, 6.07) is 5.02. The van der Waals surface area contributed by atoms with E-state index in [0.29, 0.717) is 23.8 Å². The second-order valence-corrected chi connectivity index (χ2v) is 5.59. The summed E-state index contributed by atoms with van der Waals surface area (Å²) < 4.78 is 11.2. The molecule has 0 saturated carbocycles. The molecule has 0 radical (unpaired) electrons. The van der Waals surface area contributed by atoms with Gasteiger partial charge in [0.15, 0.2) is 0 Å². The Hall–Kier alpha value is -1.30. The Kier molecular flexibility index (Phi) is 5.85. The van der Waals surface area contributed by atoms with Gasteiger partial charge in [0.25, 0.3) is 0 Å². The summed E-state index contributed by atoms with van der Waals surface area (Å²) in [6.07, 6.45) is 2.39. The Morgan fingerprint density at radius 1 is 1.57 bits per heavy atom. The molecule has 0 spiro atoms. The predicted molar refractivity (Wildman–Crippen MR) is 79.7 cm³/mol. The summed E-state index contributed by atoms with van der Waals surface area (Å²) in [6.45, 7) is 1.36. The van der Waals surface area contributed by atoms with Gasteiger partial charge >= 0.3 is 5.97 Å². The average Bonchev–Trinajstić information content (AvgIpc) is 2.48. The molecule has 2 atom stereocenters. The minimum absolute atomic E-state index is 0.0304. The Balaban J connectivity index is 1.97. The number of halogens is 1. The van der Waals surface area contributed by atoms with Crippen LogP contribution in [0, 0.1) is 0 Å². The molecule has 1 aliphatic heterocycles. The second-order valence-electron chi connectivity index (χ2n) is 5.19. The van der Waals surface area contributed by atoms with E-state index in [-0.39, 0.29) is 18.6 Å². The van der Waals surface area contributed by atoms with Gasteiger partial charge < -0.3 is 20.3 Å². The second kappa shape index (κ2) is 7.64. The van der Waals surface area contributed by atoms with E-state index in [2.05, 4.69) is 0 Å².